The molecule has 0 unspecified atom stereocenters. The molecule has 0 radical (unpaired) electrons. The lowest BCUT2D eigenvalue weighted by molar-refractivity contribution is 0.964. The maximum Gasteiger partial charge on any atom is 0.164 e. The summed E-state index contributed by atoms with van der Waals surface area (Å²) in [6, 6.07) is 32.5. The molecule has 0 spiro atoms. The van der Waals surface area contributed by atoms with Crippen LogP contribution in [0.1, 0.15) is 24.2 Å². The van der Waals surface area contributed by atoms with Crippen LogP contribution in [-0.2, 0) is 0 Å². The van der Waals surface area contributed by atoms with E-state index < -0.39 is 0 Å². The topological polar surface area (TPSA) is 30.7 Å². The molecule has 2 aromatic heterocycles. The van der Waals surface area contributed by atoms with Gasteiger partial charge in [0.05, 0.1) is 16.6 Å². The molecule has 0 amide bonds. The van der Waals surface area contributed by atoms with E-state index in [9.17, 15) is 0 Å². The van der Waals surface area contributed by atoms with Crippen molar-refractivity contribution in [2.45, 2.75) is 19.8 Å². The SMILES string of the molecule is Cc1c2c3c(cccc3n1-c1nc3ccccc3nc1C1=CC=CCC1)-c1ccccc1-c1ccccc1-2. The van der Waals surface area contributed by atoms with Gasteiger partial charge in [-0.1, -0.05) is 91.0 Å². The number of aromatic nitrogens is 3. The number of fused-ring (bicyclic) bond motifs is 6. The first kappa shape index (κ1) is 21.3. The van der Waals surface area contributed by atoms with E-state index in [1.807, 2.05) is 12.1 Å². The molecule has 3 nitrogen and oxygen atoms in total. The van der Waals surface area contributed by atoms with Crippen molar-refractivity contribution >= 4 is 27.5 Å². The van der Waals surface area contributed by atoms with E-state index in [1.165, 1.54) is 55.6 Å². The monoisotopic (exact) mass is 487 g/mol. The van der Waals surface area contributed by atoms with Gasteiger partial charge in [-0.05, 0) is 71.4 Å². The molecule has 2 aliphatic carbocycles. The second-order valence-corrected chi connectivity index (χ2v) is 10.1. The van der Waals surface area contributed by atoms with Crippen LogP contribution in [0.5, 0.6) is 0 Å². The fourth-order valence-electron chi connectivity index (χ4n) is 6.34. The van der Waals surface area contributed by atoms with Gasteiger partial charge in [-0.15, -0.1) is 0 Å². The predicted octanol–water partition coefficient (Wildman–Crippen LogP) is 8.93. The Labute approximate surface area is 221 Å². The number of hydrogen-bond donors (Lipinski definition) is 0. The Hall–Kier alpha value is -4.76. The van der Waals surface area contributed by atoms with Gasteiger partial charge in [-0.2, -0.15) is 0 Å². The standard InChI is InChI=1S/C35H25N3/c1-22-32-27-17-8-7-15-25(27)24-14-5-6-16-26(24)28-18-11-21-31(33(28)32)38(22)35-34(23-12-3-2-4-13-23)36-29-19-9-10-20-30(29)37-35/h2-3,5-12,14-21H,4,13H2,1H3. The fourth-order valence-corrected chi connectivity index (χ4v) is 6.34. The molecule has 38 heavy (non-hydrogen) atoms. The van der Waals surface area contributed by atoms with Crippen molar-refractivity contribution in [3.63, 3.8) is 0 Å². The Balaban J connectivity index is 1.54. The lowest BCUT2D eigenvalue weighted by Crippen LogP contribution is -2.08. The number of rotatable bonds is 2. The van der Waals surface area contributed by atoms with Crippen molar-refractivity contribution in [3.8, 4) is 39.2 Å². The highest BCUT2D eigenvalue weighted by atomic mass is 15.1. The predicted molar refractivity (Wildman–Crippen MR) is 157 cm³/mol. The first-order valence-corrected chi connectivity index (χ1v) is 13.3. The zero-order valence-electron chi connectivity index (χ0n) is 21.1. The van der Waals surface area contributed by atoms with Crippen LogP contribution in [0.25, 0.3) is 66.7 Å². The van der Waals surface area contributed by atoms with Crippen molar-refractivity contribution < 1.29 is 0 Å². The average molecular weight is 488 g/mol. The molecule has 0 aliphatic heterocycles. The van der Waals surface area contributed by atoms with Gasteiger partial charge in [0.1, 0.15) is 5.69 Å². The van der Waals surface area contributed by atoms with E-state index in [1.54, 1.807) is 0 Å². The third-order valence-corrected chi connectivity index (χ3v) is 8.02. The Kier molecular flexibility index (Phi) is 4.56. The molecule has 3 heteroatoms. The highest BCUT2D eigenvalue weighted by Gasteiger charge is 2.28. The van der Waals surface area contributed by atoms with Gasteiger partial charge in [-0.25, -0.2) is 9.97 Å². The molecule has 0 atom stereocenters. The lowest BCUT2D eigenvalue weighted by Gasteiger charge is -2.18. The van der Waals surface area contributed by atoms with Gasteiger partial charge in [-0.3, -0.25) is 4.57 Å². The lowest BCUT2D eigenvalue weighted by atomic mass is 9.94. The van der Waals surface area contributed by atoms with E-state index in [0.717, 1.165) is 35.4 Å². The van der Waals surface area contributed by atoms with Crippen LogP contribution < -0.4 is 0 Å². The van der Waals surface area contributed by atoms with Gasteiger partial charge in [0.15, 0.2) is 5.82 Å². The Morgan fingerprint density at radius 2 is 1.29 bits per heavy atom. The summed E-state index contributed by atoms with van der Waals surface area (Å²) in [5, 5.41) is 1.28. The summed E-state index contributed by atoms with van der Waals surface area (Å²) < 4.78 is 2.35. The summed E-state index contributed by atoms with van der Waals surface area (Å²) in [5.74, 6) is 0.905. The summed E-state index contributed by atoms with van der Waals surface area (Å²) in [6.45, 7) is 2.24. The van der Waals surface area contributed by atoms with Crippen molar-refractivity contribution in [1.82, 2.24) is 14.5 Å². The second-order valence-electron chi connectivity index (χ2n) is 10.1. The fraction of sp³-hybridized carbons (Fsp3) is 0.0857. The van der Waals surface area contributed by atoms with E-state index in [2.05, 4.69) is 109 Å². The zero-order valence-corrected chi connectivity index (χ0v) is 21.1. The molecule has 0 saturated heterocycles. The molecule has 2 aliphatic rings. The molecular weight excluding hydrogens is 462 g/mol. The van der Waals surface area contributed by atoms with Gasteiger partial charge in [0, 0.05) is 16.6 Å². The van der Waals surface area contributed by atoms with Gasteiger partial charge in [0.25, 0.3) is 0 Å². The van der Waals surface area contributed by atoms with Crippen LogP contribution in [0.2, 0.25) is 0 Å². The summed E-state index contributed by atoms with van der Waals surface area (Å²) in [7, 11) is 0. The number of hydrogen-bond acceptors (Lipinski definition) is 2. The van der Waals surface area contributed by atoms with Crippen LogP contribution in [-0.4, -0.2) is 14.5 Å². The molecular formula is C35H25N3. The van der Waals surface area contributed by atoms with Crippen LogP contribution in [0.4, 0.5) is 0 Å². The maximum absolute atomic E-state index is 5.29. The number of nitrogens with zero attached hydrogens (tertiary/aromatic N) is 3. The summed E-state index contributed by atoms with van der Waals surface area (Å²) in [5.41, 5.74) is 14.0. The largest absolute Gasteiger partial charge is 0.296 e. The van der Waals surface area contributed by atoms with Gasteiger partial charge >= 0.3 is 0 Å². The summed E-state index contributed by atoms with van der Waals surface area (Å²) in [6.07, 6.45) is 8.55. The number of benzene rings is 4. The van der Waals surface area contributed by atoms with Crippen molar-refractivity contribution in [3.05, 3.63) is 121 Å². The molecule has 4 aromatic carbocycles. The molecule has 0 saturated carbocycles. The maximum atomic E-state index is 5.29. The minimum Gasteiger partial charge on any atom is -0.296 e. The van der Waals surface area contributed by atoms with E-state index in [0.29, 0.717) is 0 Å². The second kappa shape index (κ2) is 8.12. The molecule has 180 valence electrons. The molecule has 0 fully saturated rings. The Morgan fingerprint density at radius 1 is 0.658 bits per heavy atom. The van der Waals surface area contributed by atoms with Crippen molar-refractivity contribution in [2.24, 2.45) is 0 Å². The molecule has 6 aromatic rings. The summed E-state index contributed by atoms with van der Waals surface area (Å²) >= 11 is 0. The van der Waals surface area contributed by atoms with Crippen molar-refractivity contribution in [1.29, 1.82) is 0 Å². The Morgan fingerprint density at radius 3 is 2.03 bits per heavy atom. The third-order valence-electron chi connectivity index (χ3n) is 8.02. The highest BCUT2D eigenvalue weighted by Crippen LogP contribution is 2.50. The third kappa shape index (κ3) is 2.96. The van der Waals surface area contributed by atoms with Crippen LogP contribution in [0.15, 0.2) is 109 Å². The molecule has 2 heterocycles. The first-order chi connectivity index (χ1) is 18.8. The van der Waals surface area contributed by atoms with E-state index >= 15 is 0 Å². The van der Waals surface area contributed by atoms with E-state index in [4.69, 9.17) is 9.97 Å². The highest BCUT2D eigenvalue weighted by molar-refractivity contribution is 6.14. The van der Waals surface area contributed by atoms with Crippen molar-refractivity contribution in [2.75, 3.05) is 0 Å². The van der Waals surface area contributed by atoms with Gasteiger partial charge < -0.3 is 0 Å². The average Bonchev–Trinajstić information content (AvgIpc) is 3.21. The number of allylic oxidation sites excluding steroid dienone is 4. The number of para-hydroxylation sites is 2. The van der Waals surface area contributed by atoms with E-state index in [-0.39, 0.29) is 0 Å². The minimum absolute atomic E-state index is 0.905. The molecule has 0 bridgehead atoms. The van der Waals surface area contributed by atoms with Gasteiger partial charge in [0.2, 0.25) is 0 Å². The normalized spacial score (nSPS) is 13.8. The zero-order chi connectivity index (χ0) is 25.2. The van der Waals surface area contributed by atoms with Crippen LogP contribution >= 0.6 is 0 Å². The molecule has 0 N–H and O–H groups in total. The smallest absolute Gasteiger partial charge is 0.164 e. The minimum atomic E-state index is 0.905. The van der Waals surface area contributed by atoms with Crippen LogP contribution in [0, 0.1) is 6.92 Å². The quantitative estimate of drug-likeness (QED) is 0.244. The van der Waals surface area contributed by atoms with Crippen LogP contribution in [0.3, 0.4) is 0 Å². The summed E-state index contributed by atoms with van der Waals surface area (Å²) in [4.78, 5) is 10.5. The Bertz CT molecular complexity index is 1990. The molecule has 8 rings (SSSR count). The first-order valence-electron chi connectivity index (χ1n) is 13.3.